The first-order valence-electron chi connectivity index (χ1n) is 8.07. The molecular weight excluding hydrogens is 370 g/mol. The molecule has 3 N–H and O–H groups in total. The highest BCUT2D eigenvalue weighted by atomic mass is 32.2. The number of rotatable bonds is 5. The fraction of sp³-hybridized carbons (Fsp3) is 0.235. The van der Waals surface area contributed by atoms with Crippen molar-refractivity contribution >= 4 is 27.3 Å². The third kappa shape index (κ3) is 3.85. The SMILES string of the molecule is CC(=O)Nc1ccc(NS(=O)(=O)c2c(C)[nH]c(C)c2-c2nnc(C)o2)cc1. The molecule has 3 aromatic rings. The highest BCUT2D eigenvalue weighted by Crippen LogP contribution is 2.33. The molecule has 1 aromatic carbocycles. The standard InChI is InChI=1S/C17H19N5O4S/c1-9-15(17-21-20-12(4)26-17)16(10(2)18-9)27(24,25)22-14-7-5-13(6-8-14)19-11(3)23/h5-8,18,22H,1-4H3,(H,19,23). The van der Waals surface area contributed by atoms with Crippen LogP contribution in [-0.4, -0.2) is 29.5 Å². The molecule has 0 atom stereocenters. The van der Waals surface area contributed by atoms with Crippen molar-refractivity contribution in [2.24, 2.45) is 0 Å². The van der Waals surface area contributed by atoms with Crippen molar-refractivity contribution in [2.75, 3.05) is 10.0 Å². The van der Waals surface area contributed by atoms with Gasteiger partial charge < -0.3 is 14.7 Å². The van der Waals surface area contributed by atoms with Crippen LogP contribution in [0.5, 0.6) is 0 Å². The summed E-state index contributed by atoms with van der Waals surface area (Å²) in [6.45, 7) is 6.43. The van der Waals surface area contributed by atoms with Gasteiger partial charge in [-0.2, -0.15) is 0 Å². The van der Waals surface area contributed by atoms with Gasteiger partial charge in [-0.05, 0) is 38.1 Å². The minimum absolute atomic E-state index is 0.0505. The zero-order valence-electron chi connectivity index (χ0n) is 15.2. The van der Waals surface area contributed by atoms with Crippen molar-refractivity contribution < 1.29 is 17.6 Å². The Morgan fingerprint density at radius 2 is 1.67 bits per heavy atom. The number of amides is 1. The summed E-state index contributed by atoms with van der Waals surface area (Å²) in [6.07, 6.45) is 0. The Kier molecular flexibility index (Phi) is 4.75. The fourth-order valence-corrected chi connectivity index (χ4v) is 4.29. The summed E-state index contributed by atoms with van der Waals surface area (Å²) in [4.78, 5) is 14.1. The Labute approximate surface area is 156 Å². The summed E-state index contributed by atoms with van der Waals surface area (Å²) in [5.74, 6) is 0.269. The number of nitrogens with one attached hydrogen (secondary N) is 3. The molecule has 0 aliphatic rings. The molecule has 0 saturated carbocycles. The van der Waals surface area contributed by atoms with E-state index in [1.165, 1.54) is 6.92 Å². The molecule has 0 saturated heterocycles. The van der Waals surface area contributed by atoms with Crippen LogP contribution in [0.1, 0.15) is 24.2 Å². The van der Waals surface area contributed by atoms with Crippen LogP contribution >= 0.6 is 0 Å². The van der Waals surface area contributed by atoms with Crippen LogP contribution in [0, 0.1) is 20.8 Å². The van der Waals surface area contributed by atoms with Crippen LogP contribution in [0.15, 0.2) is 33.6 Å². The van der Waals surface area contributed by atoms with Gasteiger partial charge in [0.2, 0.25) is 11.8 Å². The first kappa shape index (κ1) is 18.6. The first-order valence-corrected chi connectivity index (χ1v) is 9.56. The molecule has 0 bridgehead atoms. The Hall–Kier alpha value is -3.14. The van der Waals surface area contributed by atoms with E-state index >= 15 is 0 Å². The van der Waals surface area contributed by atoms with Crippen LogP contribution in [-0.2, 0) is 14.8 Å². The summed E-state index contributed by atoms with van der Waals surface area (Å²) in [5.41, 5.74) is 2.34. The molecule has 2 heterocycles. The van der Waals surface area contributed by atoms with E-state index in [1.54, 1.807) is 45.0 Å². The number of hydrogen-bond acceptors (Lipinski definition) is 6. The van der Waals surface area contributed by atoms with Crippen molar-refractivity contribution in [3.63, 3.8) is 0 Å². The van der Waals surface area contributed by atoms with Gasteiger partial charge in [0.25, 0.3) is 15.9 Å². The largest absolute Gasteiger partial charge is 0.421 e. The molecule has 10 heteroatoms. The summed E-state index contributed by atoms with van der Waals surface area (Å²) >= 11 is 0. The maximum absolute atomic E-state index is 13.0. The normalized spacial score (nSPS) is 11.4. The van der Waals surface area contributed by atoms with Crippen LogP contribution in [0.2, 0.25) is 0 Å². The lowest BCUT2D eigenvalue weighted by Crippen LogP contribution is -2.14. The lowest BCUT2D eigenvalue weighted by Gasteiger charge is -2.10. The minimum atomic E-state index is -3.92. The van der Waals surface area contributed by atoms with Gasteiger partial charge >= 0.3 is 0 Å². The van der Waals surface area contributed by atoms with Gasteiger partial charge in [0.05, 0.1) is 5.56 Å². The number of nitrogens with zero attached hydrogens (tertiary/aromatic N) is 2. The molecule has 3 rings (SSSR count). The molecule has 0 radical (unpaired) electrons. The van der Waals surface area contributed by atoms with E-state index in [0.717, 1.165) is 0 Å². The zero-order chi connectivity index (χ0) is 19.8. The third-order valence-electron chi connectivity index (χ3n) is 3.78. The Morgan fingerprint density at radius 3 is 2.22 bits per heavy atom. The van der Waals surface area contributed by atoms with Gasteiger partial charge in [-0.25, -0.2) is 8.42 Å². The summed E-state index contributed by atoms with van der Waals surface area (Å²) in [6, 6.07) is 6.34. The predicted molar refractivity (Wildman–Crippen MR) is 99.8 cm³/mol. The molecule has 0 aliphatic heterocycles. The second-order valence-electron chi connectivity index (χ2n) is 6.07. The fourth-order valence-electron chi connectivity index (χ4n) is 2.78. The summed E-state index contributed by atoms with van der Waals surface area (Å²) in [5, 5.41) is 10.3. The van der Waals surface area contributed by atoms with Gasteiger partial charge in [-0.3, -0.25) is 9.52 Å². The number of hydrogen-bond donors (Lipinski definition) is 3. The first-order chi connectivity index (χ1) is 12.7. The van der Waals surface area contributed by atoms with E-state index in [2.05, 4.69) is 25.2 Å². The molecule has 1 amide bonds. The van der Waals surface area contributed by atoms with Crippen LogP contribution in [0.4, 0.5) is 11.4 Å². The zero-order valence-corrected chi connectivity index (χ0v) is 16.1. The average Bonchev–Trinajstić information content (AvgIpc) is 3.11. The minimum Gasteiger partial charge on any atom is -0.421 e. The molecular formula is C17H19N5O4S. The second-order valence-corrected chi connectivity index (χ2v) is 7.69. The molecule has 142 valence electrons. The van der Waals surface area contributed by atoms with E-state index in [0.29, 0.717) is 34.2 Å². The molecule has 0 spiro atoms. The van der Waals surface area contributed by atoms with E-state index < -0.39 is 10.0 Å². The number of benzene rings is 1. The number of H-pyrrole nitrogens is 1. The summed E-state index contributed by atoms with van der Waals surface area (Å²) < 4.78 is 34.0. The number of aryl methyl sites for hydroxylation is 3. The number of carbonyl (C=O) groups excluding carboxylic acids is 1. The molecule has 0 unspecified atom stereocenters. The van der Waals surface area contributed by atoms with Gasteiger partial charge in [0.15, 0.2) is 0 Å². The van der Waals surface area contributed by atoms with Crippen LogP contribution in [0.3, 0.4) is 0 Å². The lowest BCUT2D eigenvalue weighted by atomic mass is 10.2. The number of sulfonamides is 1. The number of aromatic amines is 1. The average molecular weight is 389 g/mol. The molecule has 0 fully saturated rings. The molecule has 2 aromatic heterocycles. The van der Waals surface area contributed by atoms with E-state index in [-0.39, 0.29) is 16.7 Å². The topological polar surface area (TPSA) is 130 Å². The lowest BCUT2D eigenvalue weighted by molar-refractivity contribution is -0.114. The van der Waals surface area contributed by atoms with Crippen molar-refractivity contribution in [3.8, 4) is 11.5 Å². The molecule has 0 aliphatic carbocycles. The van der Waals surface area contributed by atoms with Crippen molar-refractivity contribution in [1.29, 1.82) is 0 Å². The van der Waals surface area contributed by atoms with Gasteiger partial charge in [-0.1, -0.05) is 0 Å². The second kappa shape index (κ2) is 6.88. The highest BCUT2D eigenvalue weighted by molar-refractivity contribution is 7.93. The highest BCUT2D eigenvalue weighted by Gasteiger charge is 2.29. The Bertz CT molecular complexity index is 1100. The Morgan fingerprint density at radius 1 is 1.04 bits per heavy atom. The van der Waals surface area contributed by atoms with Crippen molar-refractivity contribution in [3.05, 3.63) is 41.5 Å². The quantitative estimate of drug-likeness (QED) is 0.615. The van der Waals surface area contributed by atoms with Gasteiger partial charge in [0.1, 0.15) is 4.90 Å². The van der Waals surface area contributed by atoms with E-state index in [9.17, 15) is 13.2 Å². The number of aromatic nitrogens is 3. The van der Waals surface area contributed by atoms with Crippen LogP contribution < -0.4 is 10.0 Å². The monoisotopic (exact) mass is 389 g/mol. The predicted octanol–water partition coefficient (Wildman–Crippen LogP) is 2.75. The number of anilines is 2. The summed E-state index contributed by atoms with van der Waals surface area (Å²) in [7, 11) is -3.92. The van der Waals surface area contributed by atoms with Crippen molar-refractivity contribution in [1.82, 2.24) is 15.2 Å². The Balaban J connectivity index is 1.97. The van der Waals surface area contributed by atoms with E-state index in [1.807, 2.05) is 0 Å². The maximum Gasteiger partial charge on any atom is 0.264 e. The van der Waals surface area contributed by atoms with E-state index in [4.69, 9.17) is 4.42 Å². The third-order valence-corrected chi connectivity index (χ3v) is 5.34. The van der Waals surface area contributed by atoms with Crippen molar-refractivity contribution in [2.45, 2.75) is 32.6 Å². The smallest absolute Gasteiger partial charge is 0.264 e. The van der Waals surface area contributed by atoms with Crippen LogP contribution in [0.25, 0.3) is 11.5 Å². The number of carbonyl (C=O) groups is 1. The maximum atomic E-state index is 13.0. The molecule has 9 nitrogen and oxygen atoms in total. The van der Waals surface area contributed by atoms with Gasteiger partial charge in [-0.15, -0.1) is 10.2 Å². The molecule has 27 heavy (non-hydrogen) atoms. The van der Waals surface area contributed by atoms with Gasteiger partial charge in [0, 0.05) is 36.6 Å².